The first-order chi connectivity index (χ1) is 13.3. The molecule has 0 bridgehead atoms. The summed E-state index contributed by atoms with van der Waals surface area (Å²) in [6.07, 6.45) is 0. The number of amides is 1. The maximum atomic E-state index is 13.4. The maximum Gasteiger partial charge on any atom is 0.243 e. The van der Waals surface area contributed by atoms with Crippen LogP contribution in [0.4, 0.5) is 10.1 Å². The van der Waals surface area contributed by atoms with Crippen molar-refractivity contribution in [3.05, 3.63) is 59.4 Å². The Morgan fingerprint density at radius 2 is 1.75 bits per heavy atom. The number of sulfonamides is 1. The van der Waals surface area contributed by atoms with Crippen LogP contribution in [0.5, 0.6) is 0 Å². The van der Waals surface area contributed by atoms with Gasteiger partial charge in [-0.1, -0.05) is 12.1 Å². The van der Waals surface area contributed by atoms with Crippen LogP contribution in [0.2, 0.25) is 0 Å². The second kappa shape index (κ2) is 8.28. The van der Waals surface area contributed by atoms with Gasteiger partial charge in [-0.2, -0.15) is 4.31 Å². The first-order valence-electron chi connectivity index (χ1n) is 9.12. The summed E-state index contributed by atoms with van der Waals surface area (Å²) in [5.74, 6) is -0.673. The van der Waals surface area contributed by atoms with Gasteiger partial charge >= 0.3 is 0 Å². The van der Waals surface area contributed by atoms with Crippen molar-refractivity contribution in [2.75, 3.05) is 38.0 Å². The normalized spacial score (nSPS) is 15.5. The van der Waals surface area contributed by atoms with Crippen molar-refractivity contribution >= 4 is 21.6 Å². The molecule has 1 aliphatic rings. The van der Waals surface area contributed by atoms with E-state index in [1.54, 1.807) is 4.90 Å². The number of carbonyl (C=O) groups excluding carboxylic acids is 1. The Bertz CT molecular complexity index is 970. The highest BCUT2D eigenvalue weighted by Crippen LogP contribution is 2.19. The van der Waals surface area contributed by atoms with E-state index in [0.717, 1.165) is 17.3 Å². The van der Waals surface area contributed by atoms with Gasteiger partial charge in [0.15, 0.2) is 0 Å². The fraction of sp³-hybridized carbons (Fsp3) is 0.350. The summed E-state index contributed by atoms with van der Waals surface area (Å²) in [6, 6.07) is 10.9. The molecular formula is C20H24FN3O3S. The molecule has 2 aromatic rings. The highest BCUT2D eigenvalue weighted by atomic mass is 32.2. The predicted molar refractivity (Wildman–Crippen MR) is 106 cm³/mol. The molecule has 1 saturated heterocycles. The third kappa shape index (κ3) is 4.51. The fourth-order valence-electron chi connectivity index (χ4n) is 3.10. The van der Waals surface area contributed by atoms with Crippen molar-refractivity contribution < 1.29 is 17.6 Å². The number of benzene rings is 2. The minimum Gasteiger partial charge on any atom is -0.376 e. The number of rotatable bonds is 5. The van der Waals surface area contributed by atoms with Gasteiger partial charge in [-0.3, -0.25) is 4.79 Å². The molecule has 1 N–H and O–H groups in total. The number of hydrogen-bond acceptors (Lipinski definition) is 4. The molecule has 1 fully saturated rings. The number of aryl methyl sites for hydroxylation is 2. The molecule has 1 heterocycles. The second-order valence-electron chi connectivity index (χ2n) is 6.89. The van der Waals surface area contributed by atoms with Crippen molar-refractivity contribution in [3.8, 4) is 0 Å². The Balaban J connectivity index is 1.55. The first-order valence-corrected chi connectivity index (χ1v) is 10.6. The SMILES string of the molecule is Cc1ccc(NCC(=O)N2CCN(S(=O)(=O)c3cccc(F)c3)CC2)cc1C. The molecule has 0 unspecified atom stereocenters. The maximum absolute atomic E-state index is 13.4. The number of anilines is 1. The highest BCUT2D eigenvalue weighted by Gasteiger charge is 2.30. The van der Waals surface area contributed by atoms with Gasteiger partial charge < -0.3 is 10.2 Å². The van der Waals surface area contributed by atoms with Gasteiger partial charge in [0.2, 0.25) is 15.9 Å². The first kappa shape index (κ1) is 20.3. The van der Waals surface area contributed by atoms with E-state index in [9.17, 15) is 17.6 Å². The standard InChI is InChI=1S/C20H24FN3O3S/c1-15-6-7-18(12-16(15)2)22-14-20(25)23-8-10-24(11-9-23)28(26,27)19-5-3-4-17(21)13-19/h3-7,12-13,22H,8-11,14H2,1-2H3. The van der Waals surface area contributed by atoms with E-state index in [0.29, 0.717) is 13.1 Å². The molecule has 8 heteroatoms. The van der Waals surface area contributed by atoms with Gasteiger partial charge in [-0.15, -0.1) is 0 Å². The van der Waals surface area contributed by atoms with Crippen molar-refractivity contribution in [3.63, 3.8) is 0 Å². The fourth-order valence-corrected chi connectivity index (χ4v) is 4.55. The molecule has 3 rings (SSSR count). The molecule has 6 nitrogen and oxygen atoms in total. The number of hydrogen-bond donors (Lipinski definition) is 1. The smallest absolute Gasteiger partial charge is 0.243 e. The lowest BCUT2D eigenvalue weighted by Gasteiger charge is -2.34. The lowest BCUT2D eigenvalue weighted by molar-refractivity contribution is -0.130. The monoisotopic (exact) mass is 405 g/mol. The summed E-state index contributed by atoms with van der Waals surface area (Å²) in [5, 5.41) is 3.12. The highest BCUT2D eigenvalue weighted by molar-refractivity contribution is 7.89. The average Bonchev–Trinajstić information content (AvgIpc) is 2.68. The molecular weight excluding hydrogens is 381 g/mol. The minimum atomic E-state index is -3.76. The van der Waals surface area contributed by atoms with Gasteiger partial charge in [0.25, 0.3) is 0 Å². The topological polar surface area (TPSA) is 69.7 Å². The molecule has 2 aromatic carbocycles. The van der Waals surface area contributed by atoms with Gasteiger partial charge in [0.05, 0.1) is 11.4 Å². The van der Waals surface area contributed by atoms with Crippen LogP contribution >= 0.6 is 0 Å². The second-order valence-corrected chi connectivity index (χ2v) is 8.83. The van der Waals surface area contributed by atoms with Crippen molar-refractivity contribution in [2.24, 2.45) is 0 Å². The Hall–Kier alpha value is -2.45. The largest absolute Gasteiger partial charge is 0.376 e. The summed E-state index contributed by atoms with van der Waals surface area (Å²) < 4.78 is 39.9. The minimum absolute atomic E-state index is 0.0660. The lowest BCUT2D eigenvalue weighted by atomic mass is 10.1. The Kier molecular flexibility index (Phi) is 6.00. The third-order valence-corrected chi connectivity index (χ3v) is 6.87. The molecule has 0 radical (unpaired) electrons. The average molecular weight is 405 g/mol. The van der Waals surface area contributed by atoms with Crippen molar-refractivity contribution in [1.82, 2.24) is 9.21 Å². The third-order valence-electron chi connectivity index (χ3n) is 4.98. The molecule has 0 saturated carbocycles. The van der Waals surface area contributed by atoms with Crippen LogP contribution in [0.3, 0.4) is 0 Å². The van der Waals surface area contributed by atoms with E-state index in [4.69, 9.17) is 0 Å². The lowest BCUT2D eigenvalue weighted by Crippen LogP contribution is -2.51. The number of nitrogens with zero attached hydrogens (tertiary/aromatic N) is 2. The van der Waals surface area contributed by atoms with E-state index in [1.807, 2.05) is 32.0 Å². The molecule has 0 aliphatic carbocycles. The molecule has 0 aromatic heterocycles. The molecule has 150 valence electrons. The molecule has 0 spiro atoms. The summed E-state index contributed by atoms with van der Waals surface area (Å²) in [6.45, 7) is 5.19. The summed E-state index contributed by atoms with van der Waals surface area (Å²) in [7, 11) is -3.76. The van der Waals surface area contributed by atoms with Gasteiger partial charge in [0.1, 0.15) is 5.82 Å². The van der Waals surface area contributed by atoms with E-state index in [1.165, 1.54) is 28.1 Å². The summed E-state index contributed by atoms with van der Waals surface area (Å²) in [4.78, 5) is 14.0. The molecule has 1 amide bonds. The Labute approximate surface area is 165 Å². The van der Waals surface area contributed by atoms with Crippen LogP contribution in [0.15, 0.2) is 47.4 Å². The van der Waals surface area contributed by atoms with E-state index in [-0.39, 0.29) is 30.4 Å². The number of piperazine rings is 1. The molecule has 1 aliphatic heterocycles. The van der Waals surface area contributed by atoms with Crippen LogP contribution < -0.4 is 5.32 Å². The van der Waals surface area contributed by atoms with Gasteiger partial charge in [-0.25, -0.2) is 12.8 Å². The number of nitrogens with one attached hydrogen (secondary N) is 1. The molecule has 0 atom stereocenters. The quantitative estimate of drug-likeness (QED) is 0.829. The van der Waals surface area contributed by atoms with Crippen LogP contribution in [0.25, 0.3) is 0 Å². The van der Waals surface area contributed by atoms with Crippen LogP contribution in [0, 0.1) is 19.7 Å². The van der Waals surface area contributed by atoms with Crippen LogP contribution in [-0.4, -0.2) is 56.3 Å². The molecule has 28 heavy (non-hydrogen) atoms. The van der Waals surface area contributed by atoms with Gasteiger partial charge in [-0.05, 0) is 55.3 Å². The zero-order valence-electron chi connectivity index (χ0n) is 16.0. The van der Waals surface area contributed by atoms with E-state index >= 15 is 0 Å². The van der Waals surface area contributed by atoms with Crippen molar-refractivity contribution in [1.29, 1.82) is 0 Å². The van der Waals surface area contributed by atoms with E-state index in [2.05, 4.69) is 5.32 Å². The Morgan fingerprint density at radius 3 is 2.39 bits per heavy atom. The number of halogens is 1. The van der Waals surface area contributed by atoms with E-state index < -0.39 is 15.8 Å². The van der Waals surface area contributed by atoms with Crippen LogP contribution in [0.1, 0.15) is 11.1 Å². The number of carbonyl (C=O) groups is 1. The zero-order chi connectivity index (χ0) is 20.3. The summed E-state index contributed by atoms with van der Waals surface area (Å²) >= 11 is 0. The summed E-state index contributed by atoms with van der Waals surface area (Å²) in [5.41, 5.74) is 3.21. The van der Waals surface area contributed by atoms with Crippen molar-refractivity contribution in [2.45, 2.75) is 18.7 Å². The van der Waals surface area contributed by atoms with Crippen LogP contribution in [-0.2, 0) is 14.8 Å². The van der Waals surface area contributed by atoms with Gasteiger partial charge in [0, 0.05) is 31.9 Å². The zero-order valence-corrected chi connectivity index (χ0v) is 16.8. The Morgan fingerprint density at radius 1 is 1.04 bits per heavy atom. The predicted octanol–water partition coefficient (Wildman–Crippen LogP) is 2.39.